The van der Waals surface area contributed by atoms with Gasteiger partial charge in [0.25, 0.3) is 0 Å². The molecule has 3 heterocycles. The summed E-state index contributed by atoms with van der Waals surface area (Å²) in [4.78, 5) is 2.36. The minimum atomic E-state index is 0.318. The van der Waals surface area contributed by atoms with Gasteiger partial charge in [-0.2, -0.15) is 0 Å². The maximum absolute atomic E-state index is 6.38. The molecule has 11 rings (SSSR count). The first kappa shape index (κ1) is 29.4. The fraction of sp³-hybridized carbons (Fsp3) is 0. The van der Waals surface area contributed by atoms with Gasteiger partial charge in [0.05, 0.1) is 11.0 Å². The second kappa shape index (κ2) is 11.6. The molecule has 8 aromatic carbocycles. The Morgan fingerprint density at radius 2 is 1.02 bits per heavy atom. The fourth-order valence-electron chi connectivity index (χ4n) is 7.96. The molecule has 0 spiro atoms. The van der Waals surface area contributed by atoms with Gasteiger partial charge in [0.2, 0.25) is 0 Å². The van der Waals surface area contributed by atoms with Crippen molar-refractivity contribution in [2.24, 2.45) is 0 Å². The minimum Gasteiger partial charge on any atom is -0.0602 e. The quantitative estimate of drug-likeness (QED) is 0.165. The van der Waals surface area contributed by atoms with Crippen molar-refractivity contribution in [1.29, 1.82) is 0 Å². The molecule has 4 heteroatoms. The van der Waals surface area contributed by atoms with Gasteiger partial charge in [-0.15, -0.1) is 0 Å². The topological polar surface area (TPSA) is 21.3 Å². The second-order valence-corrected chi connectivity index (χ2v) is 15.6. The van der Waals surface area contributed by atoms with Crippen LogP contribution in [0.2, 0.25) is 0 Å². The average molecular weight is 730 g/mol. The second-order valence-electron chi connectivity index (χ2n) is 13.4. The van der Waals surface area contributed by atoms with Gasteiger partial charge in [0.15, 0.2) is 0 Å². The van der Waals surface area contributed by atoms with Crippen molar-refractivity contribution in [3.63, 3.8) is 0 Å². The first-order valence-electron chi connectivity index (χ1n) is 17.6. The van der Waals surface area contributed by atoms with Gasteiger partial charge in [-0.3, -0.25) is 0 Å². The van der Waals surface area contributed by atoms with Crippen LogP contribution in [0, 0.1) is 0 Å². The van der Waals surface area contributed by atoms with Crippen molar-refractivity contribution in [2.45, 2.75) is 0 Å². The summed E-state index contributed by atoms with van der Waals surface area (Å²) in [6, 6.07) is 65.9. The van der Waals surface area contributed by atoms with Crippen LogP contribution in [-0.4, -0.2) is 19.1 Å². The van der Waals surface area contributed by atoms with E-state index in [1.807, 2.05) is 12.1 Å². The fourth-order valence-corrected chi connectivity index (χ4v) is 10.2. The third-order valence-corrected chi connectivity index (χ3v) is 12.8. The summed E-state index contributed by atoms with van der Waals surface area (Å²) in [5, 5.41) is 7.46. The number of anilines is 3. The van der Waals surface area contributed by atoms with E-state index in [9.17, 15) is 0 Å². The SMILES string of the molecule is c1ccc(-n2c3ccccc3c3cc(-c4ccc(N(c5ccc6c(c5)oc5ccccc56)c5ccc6[se]c7ccccc7c6c5)cc4)ccc32)cc1. The molecule has 0 N–H and O–H groups in total. The molecule has 3 nitrogen and oxygen atoms in total. The average Bonchev–Trinajstić information content (AvgIpc) is 3.87. The molecule has 3 aromatic heterocycles. The summed E-state index contributed by atoms with van der Waals surface area (Å²) in [5.41, 5.74) is 11.0. The summed E-state index contributed by atoms with van der Waals surface area (Å²) >= 11 is 0.318. The molecule has 0 aliphatic carbocycles. The summed E-state index contributed by atoms with van der Waals surface area (Å²) < 4.78 is 11.6. The van der Waals surface area contributed by atoms with Gasteiger partial charge in [-0.1, -0.05) is 36.4 Å². The van der Waals surface area contributed by atoms with E-state index < -0.39 is 0 Å². The van der Waals surface area contributed by atoms with Crippen LogP contribution < -0.4 is 4.90 Å². The number of nitrogens with zero attached hydrogens (tertiary/aromatic N) is 2. The molecule has 0 aliphatic heterocycles. The van der Waals surface area contributed by atoms with Gasteiger partial charge in [0.1, 0.15) is 0 Å². The Kier molecular flexibility index (Phi) is 6.57. The zero-order valence-corrected chi connectivity index (χ0v) is 29.7. The number of hydrogen-bond donors (Lipinski definition) is 0. The number of benzene rings is 8. The summed E-state index contributed by atoms with van der Waals surface area (Å²) in [6.07, 6.45) is 0. The van der Waals surface area contributed by atoms with Gasteiger partial charge in [0, 0.05) is 11.1 Å². The third-order valence-electron chi connectivity index (χ3n) is 10.4. The van der Waals surface area contributed by atoms with E-state index in [0.29, 0.717) is 14.5 Å². The Labute approximate surface area is 305 Å². The first-order valence-corrected chi connectivity index (χ1v) is 19.3. The zero-order valence-electron chi connectivity index (χ0n) is 28.0. The molecule has 0 amide bonds. The van der Waals surface area contributed by atoms with Crippen molar-refractivity contribution in [2.75, 3.05) is 4.90 Å². The number of para-hydroxylation sites is 3. The maximum atomic E-state index is 6.38. The Hall–Kier alpha value is -6.32. The Balaban J connectivity index is 1.05. The predicted molar refractivity (Wildman–Crippen MR) is 220 cm³/mol. The van der Waals surface area contributed by atoms with Crippen molar-refractivity contribution in [1.82, 2.24) is 4.57 Å². The van der Waals surface area contributed by atoms with Crippen molar-refractivity contribution < 1.29 is 4.42 Å². The molecule has 0 bridgehead atoms. The molecular weight excluding hydrogens is 700 g/mol. The molecule has 0 atom stereocenters. The molecule has 0 fully saturated rings. The van der Waals surface area contributed by atoms with Crippen LogP contribution >= 0.6 is 0 Å². The van der Waals surface area contributed by atoms with Crippen LogP contribution in [0.4, 0.5) is 17.1 Å². The van der Waals surface area contributed by atoms with E-state index in [-0.39, 0.29) is 0 Å². The molecule has 244 valence electrons. The molecule has 0 unspecified atom stereocenters. The van der Waals surface area contributed by atoms with Crippen LogP contribution in [0.15, 0.2) is 186 Å². The van der Waals surface area contributed by atoms with Crippen LogP contribution in [0.25, 0.3) is 79.9 Å². The number of rotatable bonds is 5. The van der Waals surface area contributed by atoms with Crippen molar-refractivity contribution in [3.05, 3.63) is 182 Å². The molecular formula is C48H30N2OSe. The van der Waals surface area contributed by atoms with Gasteiger partial charge < -0.3 is 4.57 Å². The molecule has 0 saturated carbocycles. The van der Waals surface area contributed by atoms with E-state index in [4.69, 9.17) is 4.42 Å². The molecule has 0 aliphatic rings. The number of aromatic nitrogens is 1. The van der Waals surface area contributed by atoms with E-state index in [2.05, 4.69) is 179 Å². The Bertz CT molecular complexity index is 3130. The van der Waals surface area contributed by atoms with Crippen molar-refractivity contribution in [3.8, 4) is 16.8 Å². The minimum absolute atomic E-state index is 0.318. The number of hydrogen-bond acceptors (Lipinski definition) is 2. The normalized spacial score (nSPS) is 11.8. The van der Waals surface area contributed by atoms with Crippen LogP contribution in [0.5, 0.6) is 0 Å². The van der Waals surface area contributed by atoms with E-state index >= 15 is 0 Å². The van der Waals surface area contributed by atoms with Crippen LogP contribution in [0.3, 0.4) is 0 Å². The van der Waals surface area contributed by atoms with E-state index in [1.54, 1.807) is 0 Å². The zero-order chi connectivity index (χ0) is 34.2. The number of furan rings is 1. The summed E-state index contributed by atoms with van der Waals surface area (Å²) in [7, 11) is 0. The van der Waals surface area contributed by atoms with E-state index in [0.717, 1.165) is 39.0 Å². The standard InChI is InChI=1S/C48H30N2OSe/c1-2-10-33(11-3-1)50-43-15-7-4-12-37(43)41-28-32(20-26-44(41)50)31-18-21-34(22-19-31)49(35-24-27-48-42(29-35)40-14-6-9-17-47(40)52-48)36-23-25-39-38-13-5-8-16-45(38)51-46(39)30-36/h1-30H. The van der Waals surface area contributed by atoms with Crippen molar-refractivity contribution >= 4 is 94.6 Å². The third kappa shape index (κ3) is 4.59. The Morgan fingerprint density at radius 1 is 0.385 bits per heavy atom. The summed E-state index contributed by atoms with van der Waals surface area (Å²) in [5.74, 6) is 0. The van der Waals surface area contributed by atoms with Crippen LogP contribution in [0.1, 0.15) is 0 Å². The molecule has 52 heavy (non-hydrogen) atoms. The summed E-state index contributed by atoms with van der Waals surface area (Å²) in [6.45, 7) is 0. The Morgan fingerprint density at radius 3 is 1.90 bits per heavy atom. The van der Waals surface area contributed by atoms with Gasteiger partial charge in [-0.25, -0.2) is 0 Å². The monoisotopic (exact) mass is 730 g/mol. The smallest absolute Gasteiger partial charge is 0.0602 e. The first-order chi connectivity index (χ1) is 25.8. The van der Waals surface area contributed by atoms with E-state index in [1.165, 1.54) is 57.9 Å². The molecule has 0 saturated heterocycles. The molecule has 11 aromatic rings. The van der Waals surface area contributed by atoms with Crippen LogP contribution in [-0.2, 0) is 0 Å². The molecule has 0 radical (unpaired) electrons. The number of fused-ring (bicyclic) bond motifs is 9. The van der Waals surface area contributed by atoms with Gasteiger partial charge >= 0.3 is 226 Å². The predicted octanol–water partition coefficient (Wildman–Crippen LogP) is 13.2. The van der Waals surface area contributed by atoms with Gasteiger partial charge in [-0.05, 0) is 18.2 Å².